The van der Waals surface area contributed by atoms with E-state index in [-0.39, 0.29) is 0 Å². The lowest BCUT2D eigenvalue weighted by Crippen LogP contribution is -2.00. The van der Waals surface area contributed by atoms with Crippen molar-refractivity contribution in [3.63, 3.8) is 0 Å². The minimum atomic E-state index is 0.549. The summed E-state index contributed by atoms with van der Waals surface area (Å²) in [6.45, 7) is 2.05. The summed E-state index contributed by atoms with van der Waals surface area (Å²) >= 11 is 0. The summed E-state index contributed by atoms with van der Waals surface area (Å²) in [6, 6.07) is 15.9. The Hall–Kier alpha value is -3.41. The third-order valence-electron chi connectivity index (χ3n) is 3.62. The van der Waals surface area contributed by atoms with Gasteiger partial charge in [0.15, 0.2) is 0 Å². The van der Waals surface area contributed by atoms with Crippen molar-refractivity contribution in [1.29, 1.82) is 0 Å². The number of hydrogen-bond donors (Lipinski definition) is 3. The van der Waals surface area contributed by atoms with Gasteiger partial charge in [-0.3, -0.25) is 0 Å². The molecule has 0 spiro atoms. The minimum absolute atomic E-state index is 0.549. The number of aryl methyl sites for hydroxylation is 1. The van der Waals surface area contributed by atoms with Crippen LogP contribution in [0, 0.1) is 6.92 Å². The second-order valence-electron chi connectivity index (χ2n) is 5.52. The van der Waals surface area contributed by atoms with Crippen LogP contribution in [0.15, 0.2) is 61.1 Å². The fourth-order valence-corrected chi connectivity index (χ4v) is 2.50. The number of nitrogens with zero attached hydrogens (tertiary/aromatic N) is 3. The predicted octanol–water partition coefficient (Wildman–Crippen LogP) is 4.15. The largest absolute Gasteiger partial charge is 0.345 e. The number of fused-ring (bicyclic) bond motifs is 1. The fourth-order valence-electron chi connectivity index (χ4n) is 2.50. The molecule has 0 aliphatic heterocycles. The van der Waals surface area contributed by atoms with E-state index >= 15 is 0 Å². The van der Waals surface area contributed by atoms with Crippen LogP contribution in [0.1, 0.15) is 5.56 Å². The Bertz CT molecular complexity index is 991. The van der Waals surface area contributed by atoms with Crippen molar-refractivity contribution in [3.05, 3.63) is 66.6 Å². The van der Waals surface area contributed by atoms with Crippen LogP contribution in [0.5, 0.6) is 0 Å². The average Bonchev–Trinajstić information content (AvgIpc) is 3.03. The lowest BCUT2D eigenvalue weighted by Gasteiger charge is -2.09. The van der Waals surface area contributed by atoms with Crippen LogP contribution in [0.4, 0.5) is 23.1 Å². The Kier molecular flexibility index (Phi) is 3.55. The van der Waals surface area contributed by atoms with Crippen LogP contribution >= 0.6 is 0 Å². The van der Waals surface area contributed by atoms with E-state index in [4.69, 9.17) is 0 Å². The molecule has 4 rings (SSSR count). The van der Waals surface area contributed by atoms with Crippen molar-refractivity contribution in [2.45, 2.75) is 6.92 Å². The summed E-state index contributed by atoms with van der Waals surface area (Å²) in [4.78, 5) is 16.1. The summed E-state index contributed by atoms with van der Waals surface area (Å²) in [6.07, 6.45) is 3.41. The first-order valence-electron chi connectivity index (χ1n) is 7.63. The zero-order valence-electron chi connectivity index (χ0n) is 13.1. The topological polar surface area (TPSA) is 78.5 Å². The fraction of sp³-hybridized carbons (Fsp3) is 0.0556. The quantitative estimate of drug-likeness (QED) is 0.527. The van der Waals surface area contributed by atoms with Gasteiger partial charge in [0.25, 0.3) is 0 Å². The molecule has 4 aromatic rings. The number of aromatic amines is 1. The van der Waals surface area contributed by atoms with Crippen LogP contribution in [0.25, 0.3) is 11.0 Å². The van der Waals surface area contributed by atoms with Crippen LogP contribution in [0.2, 0.25) is 0 Å². The molecule has 6 nitrogen and oxygen atoms in total. The molecule has 2 aromatic carbocycles. The van der Waals surface area contributed by atoms with E-state index in [1.807, 2.05) is 36.4 Å². The smallest absolute Gasteiger partial charge is 0.229 e. The molecule has 0 atom stereocenters. The first-order valence-corrected chi connectivity index (χ1v) is 7.63. The molecule has 0 unspecified atom stereocenters. The van der Waals surface area contributed by atoms with E-state index in [0.717, 1.165) is 28.2 Å². The number of H-pyrrole nitrogens is 1. The van der Waals surface area contributed by atoms with Gasteiger partial charge in [0.1, 0.15) is 5.82 Å². The summed E-state index contributed by atoms with van der Waals surface area (Å²) < 4.78 is 0. The van der Waals surface area contributed by atoms with E-state index in [0.29, 0.717) is 5.95 Å². The molecule has 118 valence electrons. The number of imidazole rings is 1. The van der Waals surface area contributed by atoms with Gasteiger partial charge >= 0.3 is 0 Å². The molecule has 0 bridgehead atoms. The van der Waals surface area contributed by atoms with Crippen molar-refractivity contribution >= 4 is 34.2 Å². The number of rotatable bonds is 4. The van der Waals surface area contributed by atoms with Crippen molar-refractivity contribution in [2.24, 2.45) is 0 Å². The Morgan fingerprint density at radius 1 is 0.917 bits per heavy atom. The lowest BCUT2D eigenvalue weighted by molar-refractivity contribution is 1.16. The Labute approximate surface area is 139 Å². The van der Waals surface area contributed by atoms with Crippen LogP contribution in [-0.2, 0) is 0 Å². The molecule has 24 heavy (non-hydrogen) atoms. The number of benzene rings is 2. The van der Waals surface area contributed by atoms with Crippen LogP contribution in [-0.4, -0.2) is 19.9 Å². The maximum absolute atomic E-state index is 4.50. The minimum Gasteiger partial charge on any atom is -0.345 e. The molecule has 0 saturated carbocycles. The second-order valence-corrected chi connectivity index (χ2v) is 5.52. The molecular weight excluding hydrogens is 300 g/mol. The molecule has 0 fully saturated rings. The molecule has 2 heterocycles. The van der Waals surface area contributed by atoms with Gasteiger partial charge in [0.05, 0.1) is 17.4 Å². The zero-order chi connectivity index (χ0) is 16.4. The maximum Gasteiger partial charge on any atom is 0.229 e. The molecule has 6 heteroatoms. The molecule has 2 aromatic heterocycles. The number of nitrogens with one attached hydrogen (secondary N) is 3. The highest BCUT2D eigenvalue weighted by Crippen LogP contribution is 2.20. The van der Waals surface area contributed by atoms with Gasteiger partial charge in [-0.15, -0.1) is 0 Å². The van der Waals surface area contributed by atoms with E-state index in [1.165, 1.54) is 5.56 Å². The second kappa shape index (κ2) is 6.00. The van der Waals surface area contributed by atoms with Gasteiger partial charge in [-0.05, 0) is 48.9 Å². The molecule has 0 saturated heterocycles. The number of aromatic nitrogens is 4. The lowest BCUT2D eigenvalue weighted by atomic mass is 10.2. The summed E-state index contributed by atoms with van der Waals surface area (Å²) in [5.74, 6) is 1.27. The van der Waals surface area contributed by atoms with Gasteiger partial charge in [-0.2, -0.15) is 4.98 Å². The van der Waals surface area contributed by atoms with Crippen molar-refractivity contribution in [1.82, 2.24) is 19.9 Å². The predicted molar refractivity (Wildman–Crippen MR) is 95.9 cm³/mol. The van der Waals surface area contributed by atoms with Gasteiger partial charge in [0, 0.05) is 17.6 Å². The third kappa shape index (κ3) is 3.03. The van der Waals surface area contributed by atoms with Crippen LogP contribution < -0.4 is 10.6 Å². The Morgan fingerprint density at radius 2 is 1.83 bits per heavy atom. The number of anilines is 4. The van der Waals surface area contributed by atoms with Crippen LogP contribution in [0.3, 0.4) is 0 Å². The maximum atomic E-state index is 4.50. The molecular formula is C18H16N6. The summed E-state index contributed by atoms with van der Waals surface area (Å²) in [7, 11) is 0. The third-order valence-corrected chi connectivity index (χ3v) is 3.62. The van der Waals surface area contributed by atoms with Gasteiger partial charge in [-0.1, -0.05) is 12.1 Å². The molecule has 0 amide bonds. The van der Waals surface area contributed by atoms with Gasteiger partial charge in [0.2, 0.25) is 5.95 Å². The van der Waals surface area contributed by atoms with E-state index in [2.05, 4.69) is 49.6 Å². The van der Waals surface area contributed by atoms with E-state index in [9.17, 15) is 0 Å². The first kappa shape index (κ1) is 14.2. The van der Waals surface area contributed by atoms with Crippen molar-refractivity contribution in [2.75, 3.05) is 10.6 Å². The highest BCUT2D eigenvalue weighted by molar-refractivity contribution is 5.79. The van der Waals surface area contributed by atoms with Crippen molar-refractivity contribution < 1.29 is 0 Å². The van der Waals surface area contributed by atoms with Gasteiger partial charge in [-0.25, -0.2) is 9.97 Å². The monoisotopic (exact) mass is 316 g/mol. The molecule has 0 radical (unpaired) electrons. The molecule has 3 N–H and O–H groups in total. The van der Waals surface area contributed by atoms with Gasteiger partial charge < -0.3 is 15.6 Å². The summed E-state index contributed by atoms with van der Waals surface area (Å²) in [5.41, 5.74) is 5.00. The van der Waals surface area contributed by atoms with E-state index in [1.54, 1.807) is 12.5 Å². The summed E-state index contributed by atoms with van der Waals surface area (Å²) in [5, 5.41) is 6.50. The SMILES string of the molecule is Cc1cccc(Nc2nccc(Nc3ccc4nc[nH]c4c3)n2)c1. The zero-order valence-corrected chi connectivity index (χ0v) is 13.1. The first-order chi connectivity index (χ1) is 11.8. The Morgan fingerprint density at radius 3 is 2.75 bits per heavy atom. The van der Waals surface area contributed by atoms with Crippen molar-refractivity contribution in [3.8, 4) is 0 Å². The average molecular weight is 316 g/mol. The standard InChI is InChI=1S/C18H16N6/c1-12-3-2-4-13(9-12)23-18-19-8-7-17(24-18)22-14-5-6-15-16(10-14)21-11-20-15/h2-11H,1H3,(H,20,21)(H2,19,22,23,24). The highest BCUT2D eigenvalue weighted by atomic mass is 15.1. The molecule has 0 aliphatic carbocycles. The molecule has 0 aliphatic rings. The highest BCUT2D eigenvalue weighted by Gasteiger charge is 2.03. The Balaban J connectivity index is 1.55. The van der Waals surface area contributed by atoms with E-state index < -0.39 is 0 Å². The normalized spacial score (nSPS) is 10.7. The number of hydrogen-bond acceptors (Lipinski definition) is 5.